The molecule has 0 aliphatic rings. The molecular weight excluding hydrogens is 248 g/mol. The third-order valence-electron chi connectivity index (χ3n) is 3.37. The number of carbonyl (C=O) groups excluding carboxylic acids is 1. The minimum atomic E-state index is 0.0353. The van der Waals surface area contributed by atoms with Crippen LogP contribution >= 0.6 is 0 Å². The van der Waals surface area contributed by atoms with Crippen LogP contribution in [0.2, 0.25) is 0 Å². The van der Waals surface area contributed by atoms with Gasteiger partial charge in [0.05, 0.1) is 7.11 Å². The molecule has 0 saturated heterocycles. The van der Waals surface area contributed by atoms with E-state index in [0.717, 1.165) is 5.75 Å². The highest BCUT2D eigenvalue weighted by Crippen LogP contribution is 2.23. The van der Waals surface area contributed by atoms with Crippen molar-refractivity contribution < 1.29 is 9.53 Å². The Labute approximate surface area is 120 Å². The van der Waals surface area contributed by atoms with Gasteiger partial charge in [0.15, 0.2) is 5.78 Å². The van der Waals surface area contributed by atoms with E-state index in [1.165, 1.54) is 5.56 Å². The van der Waals surface area contributed by atoms with Crippen LogP contribution < -0.4 is 4.74 Å². The fourth-order valence-electron chi connectivity index (χ4n) is 2.03. The minimum absolute atomic E-state index is 0.0353. The van der Waals surface area contributed by atoms with E-state index in [9.17, 15) is 4.79 Å². The number of hydrogen-bond donors (Lipinski definition) is 0. The molecule has 0 heterocycles. The molecule has 2 nitrogen and oxygen atoms in total. The summed E-state index contributed by atoms with van der Waals surface area (Å²) >= 11 is 0. The lowest BCUT2D eigenvalue weighted by Gasteiger charge is -2.19. The molecule has 0 saturated carbocycles. The van der Waals surface area contributed by atoms with Gasteiger partial charge in [-0.3, -0.25) is 4.79 Å². The average molecular weight is 268 g/mol. The highest BCUT2D eigenvalue weighted by molar-refractivity contribution is 6.09. The predicted octanol–water partition coefficient (Wildman–Crippen LogP) is 4.22. The number of rotatable bonds is 3. The van der Waals surface area contributed by atoms with Gasteiger partial charge in [-0.05, 0) is 35.2 Å². The zero-order chi connectivity index (χ0) is 14.8. The second kappa shape index (κ2) is 5.49. The van der Waals surface area contributed by atoms with Gasteiger partial charge in [-0.2, -0.15) is 0 Å². The summed E-state index contributed by atoms with van der Waals surface area (Å²) in [5.74, 6) is 0.790. The smallest absolute Gasteiger partial charge is 0.193 e. The first-order valence-electron chi connectivity index (χ1n) is 6.71. The first-order valence-corrected chi connectivity index (χ1v) is 6.71. The third kappa shape index (κ3) is 3.08. The molecule has 2 rings (SSSR count). The highest BCUT2D eigenvalue weighted by Gasteiger charge is 2.15. The normalized spacial score (nSPS) is 11.2. The molecule has 0 aliphatic carbocycles. The minimum Gasteiger partial charge on any atom is -0.497 e. The maximum absolute atomic E-state index is 12.4. The summed E-state index contributed by atoms with van der Waals surface area (Å²) in [6.45, 7) is 6.48. The lowest BCUT2D eigenvalue weighted by Crippen LogP contribution is -2.11. The van der Waals surface area contributed by atoms with Crippen LogP contribution in [0, 0.1) is 0 Å². The molecule has 0 spiro atoms. The number of methoxy groups -OCH3 is 1. The molecule has 0 aromatic heterocycles. The highest BCUT2D eigenvalue weighted by atomic mass is 16.5. The van der Waals surface area contributed by atoms with Crippen LogP contribution in [0.15, 0.2) is 48.5 Å². The molecule has 2 aromatic rings. The van der Waals surface area contributed by atoms with Crippen molar-refractivity contribution in [3.63, 3.8) is 0 Å². The monoisotopic (exact) mass is 268 g/mol. The molecule has 104 valence electrons. The van der Waals surface area contributed by atoms with Crippen LogP contribution in [-0.2, 0) is 5.41 Å². The van der Waals surface area contributed by atoms with E-state index < -0.39 is 0 Å². The Kier molecular flexibility index (Phi) is 3.93. The second-order valence-corrected chi connectivity index (χ2v) is 5.88. The Bertz CT molecular complexity index is 587. The molecule has 0 N–H and O–H groups in total. The van der Waals surface area contributed by atoms with Gasteiger partial charge in [0.1, 0.15) is 5.75 Å². The van der Waals surface area contributed by atoms with Crippen molar-refractivity contribution in [2.24, 2.45) is 0 Å². The molecular formula is C18H20O2. The number of ketones is 1. The summed E-state index contributed by atoms with van der Waals surface area (Å²) < 4.78 is 5.10. The standard InChI is InChI=1S/C18H20O2/c1-18(2,3)15-9-5-13(6-10-15)17(19)14-7-11-16(20-4)12-8-14/h5-12H,1-4H3. The van der Waals surface area contributed by atoms with Gasteiger partial charge in [0.25, 0.3) is 0 Å². The van der Waals surface area contributed by atoms with Crippen molar-refractivity contribution in [1.82, 2.24) is 0 Å². The lowest BCUT2D eigenvalue weighted by molar-refractivity contribution is 0.103. The van der Waals surface area contributed by atoms with E-state index in [-0.39, 0.29) is 11.2 Å². The summed E-state index contributed by atoms with van der Waals surface area (Å²) in [4.78, 5) is 12.4. The molecule has 2 heteroatoms. The van der Waals surface area contributed by atoms with Crippen molar-refractivity contribution in [1.29, 1.82) is 0 Å². The maximum Gasteiger partial charge on any atom is 0.193 e. The number of hydrogen-bond acceptors (Lipinski definition) is 2. The van der Waals surface area contributed by atoms with Gasteiger partial charge in [0, 0.05) is 11.1 Å². The maximum atomic E-state index is 12.4. The quantitative estimate of drug-likeness (QED) is 0.779. The summed E-state index contributed by atoms with van der Waals surface area (Å²) in [5, 5.41) is 0. The summed E-state index contributed by atoms with van der Waals surface area (Å²) in [6, 6.07) is 15.0. The van der Waals surface area contributed by atoms with E-state index in [4.69, 9.17) is 4.74 Å². The molecule has 0 amide bonds. The van der Waals surface area contributed by atoms with E-state index in [1.54, 1.807) is 31.4 Å². The first kappa shape index (κ1) is 14.3. The largest absolute Gasteiger partial charge is 0.497 e. The number of carbonyl (C=O) groups is 1. The van der Waals surface area contributed by atoms with Crippen molar-refractivity contribution >= 4 is 5.78 Å². The van der Waals surface area contributed by atoms with Crippen LogP contribution in [0.5, 0.6) is 5.75 Å². The molecule has 0 unspecified atom stereocenters. The number of benzene rings is 2. The molecule has 0 aliphatic heterocycles. The Balaban J connectivity index is 2.24. The van der Waals surface area contributed by atoms with Crippen LogP contribution in [0.1, 0.15) is 42.3 Å². The van der Waals surface area contributed by atoms with Gasteiger partial charge >= 0.3 is 0 Å². The summed E-state index contributed by atoms with van der Waals surface area (Å²) in [7, 11) is 1.61. The average Bonchev–Trinajstić information content (AvgIpc) is 2.46. The van der Waals surface area contributed by atoms with Crippen molar-refractivity contribution in [2.45, 2.75) is 26.2 Å². The van der Waals surface area contributed by atoms with Crippen molar-refractivity contribution in [3.8, 4) is 5.75 Å². The molecule has 20 heavy (non-hydrogen) atoms. The predicted molar refractivity (Wildman–Crippen MR) is 81.6 cm³/mol. The van der Waals surface area contributed by atoms with Crippen LogP contribution in [0.3, 0.4) is 0 Å². The summed E-state index contributed by atoms with van der Waals surface area (Å²) in [6.07, 6.45) is 0. The Morgan fingerprint density at radius 2 is 1.30 bits per heavy atom. The fraction of sp³-hybridized carbons (Fsp3) is 0.278. The SMILES string of the molecule is COc1ccc(C(=O)c2ccc(C(C)(C)C)cc2)cc1. The molecule has 0 radical (unpaired) electrons. The van der Waals surface area contributed by atoms with E-state index >= 15 is 0 Å². The number of ether oxygens (including phenoxy) is 1. The van der Waals surface area contributed by atoms with Crippen LogP contribution in [0.4, 0.5) is 0 Å². The van der Waals surface area contributed by atoms with Gasteiger partial charge in [0.2, 0.25) is 0 Å². The van der Waals surface area contributed by atoms with Crippen LogP contribution in [-0.4, -0.2) is 12.9 Å². The Morgan fingerprint density at radius 1 is 0.850 bits per heavy atom. The van der Waals surface area contributed by atoms with E-state index in [0.29, 0.717) is 11.1 Å². The lowest BCUT2D eigenvalue weighted by atomic mass is 9.86. The van der Waals surface area contributed by atoms with Crippen molar-refractivity contribution in [3.05, 3.63) is 65.2 Å². The first-order chi connectivity index (χ1) is 9.41. The molecule has 0 fully saturated rings. The van der Waals surface area contributed by atoms with Gasteiger partial charge < -0.3 is 4.74 Å². The van der Waals surface area contributed by atoms with E-state index in [1.807, 2.05) is 24.3 Å². The van der Waals surface area contributed by atoms with Gasteiger partial charge in [-0.15, -0.1) is 0 Å². The molecule has 0 atom stereocenters. The van der Waals surface area contributed by atoms with Crippen molar-refractivity contribution in [2.75, 3.05) is 7.11 Å². The topological polar surface area (TPSA) is 26.3 Å². The van der Waals surface area contributed by atoms with Crippen LogP contribution in [0.25, 0.3) is 0 Å². The van der Waals surface area contributed by atoms with Gasteiger partial charge in [-0.25, -0.2) is 0 Å². The zero-order valence-electron chi connectivity index (χ0n) is 12.4. The zero-order valence-corrected chi connectivity index (χ0v) is 12.4. The third-order valence-corrected chi connectivity index (χ3v) is 3.37. The fourth-order valence-corrected chi connectivity index (χ4v) is 2.03. The Hall–Kier alpha value is -2.09. The van der Waals surface area contributed by atoms with E-state index in [2.05, 4.69) is 20.8 Å². The molecule has 2 aromatic carbocycles. The second-order valence-electron chi connectivity index (χ2n) is 5.88. The Morgan fingerprint density at radius 3 is 1.70 bits per heavy atom. The summed E-state index contributed by atoms with van der Waals surface area (Å²) in [5.41, 5.74) is 2.71. The molecule has 0 bridgehead atoms. The van der Waals surface area contributed by atoms with Gasteiger partial charge in [-0.1, -0.05) is 45.0 Å².